The number of aromatic nitrogens is 1. The van der Waals surface area contributed by atoms with E-state index in [1.807, 2.05) is 18.2 Å². The number of hydrogen-bond acceptors (Lipinski definition) is 7. The summed E-state index contributed by atoms with van der Waals surface area (Å²) in [6.45, 7) is 0.834. The second-order valence-electron chi connectivity index (χ2n) is 9.14. The van der Waals surface area contributed by atoms with Gasteiger partial charge in [-0.3, -0.25) is 14.4 Å². The van der Waals surface area contributed by atoms with Crippen LogP contribution >= 0.6 is 11.6 Å². The van der Waals surface area contributed by atoms with Gasteiger partial charge in [-0.05, 0) is 69.3 Å². The second kappa shape index (κ2) is 12.7. The lowest BCUT2D eigenvalue weighted by Crippen LogP contribution is -2.37. The molecule has 2 amide bonds. The number of methoxy groups -OCH3 is 1. The highest BCUT2D eigenvalue weighted by atomic mass is 35.5. The smallest absolute Gasteiger partial charge is 0.305 e. The van der Waals surface area contributed by atoms with Gasteiger partial charge < -0.3 is 25.1 Å². The Bertz CT molecular complexity index is 1240. The van der Waals surface area contributed by atoms with Gasteiger partial charge in [-0.2, -0.15) is 0 Å². The molecule has 3 N–H and O–H groups in total. The molecule has 10 heteroatoms. The first-order chi connectivity index (χ1) is 17.9. The van der Waals surface area contributed by atoms with E-state index in [-0.39, 0.29) is 23.6 Å². The van der Waals surface area contributed by atoms with E-state index in [4.69, 9.17) is 16.0 Å². The molecule has 0 spiro atoms. The minimum atomic E-state index is -0.513. The SMILES string of the molecule is COC(=O)CCCCNC1CCC(C(=O)Nc2c(C(=O)Nc3ccc(Cl)cn3)oc3ccccc23)CC1. The highest BCUT2D eigenvalue weighted by Gasteiger charge is 2.29. The summed E-state index contributed by atoms with van der Waals surface area (Å²) in [5.41, 5.74) is 0.866. The second-order valence-corrected chi connectivity index (χ2v) is 9.58. The number of amides is 2. The minimum absolute atomic E-state index is 0.0219. The number of nitrogens with one attached hydrogen (secondary N) is 3. The zero-order chi connectivity index (χ0) is 26.2. The number of nitrogens with zero attached hydrogens (tertiary/aromatic N) is 1. The van der Waals surface area contributed by atoms with Gasteiger partial charge in [0.25, 0.3) is 5.91 Å². The van der Waals surface area contributed by atoms with E-state index in [1.54, 1.807) is 18.2 Å². The number of fused-ring (bicyclic) bond motifs is 1. The molecule has 1 saturated carbocycles. The molecule has 0 atom stereocenters. The van der Waals surface area contributed by atoms with Gasteiger partial charge in [0.1, 0.15) is 17.1 Å². The number of pyridine rings is 1. The fraction of sp³-hybridized carbons (Fsp3) is 0.407. The Labute approximate surface area is 220 Å². The van der Waals surface area contributed by atoms with Crippen LogP contribution in [0, 0.1) is 5.92 Å². The van der Waals surface area contributed by atoms with Gasteiger partial charge in [-0.25, -0.2) is 4.98 Å². The van der Waals surface area contributed by atoms with Gasteiger partial charge in [0, 0.05) is 30.0 Å². The number of hydrogen-bond donors (Lipinski definition) is 3. The van der Waals surface area contributed by atoms with Crippen LogP contribution in [0.25, 0.3) is 11.0 Å². The molecule has 3 aromatic rings. The van der Waals surface area contributed by atoms with E-state index in [9.17, 15) is 14.4 Å². The monoisotopic (exact) mass is 526 g/mol. The van der Waals surface area contributed by atoms with Crippen molar-refractivity contribution in [3.05, 3.63) is 53.4 Å². The molecule has 9 nitrogen and oxygen atoms in total. The summed E-state index contributed by atoms with van der Waals surface area (Å²) in [6.07, 6.45) is 6.83. The molecule has 0 aliphatic heterocycles. The predicted molar refractivity (Wildman–Crippen MR) is 142 cm³/mol. The average Bonchev–Trinajstić information content (AvgIpc) is 3.28. The van der Waals surface area contributed by atoms with Crippen LogP contribution in [-0.2, 0) is 14.3 Å². The third kappa shape index (κ3) is 7.08. The first-order valence-electron chi connectivity index (χ1n) is 12.5. The topological polar surface area (TPSA) is 123 Å². The van der Waals surface area contributed by atoms with Crippen molar-refractivity contribution in [2.75, 3.05) is 24.3 Å². The van der Waals surface area contributed by atoms with E-state index in [2.05, 4.69) is 25.7 Å². The summed E-state index contributed by atoms with van der Waals surface area (Å²) >= 11 is 5.88. The van der Waals surface area contributed by atoms with Crippen LogP contribution < -0.4 is 16.0 Å². The molecule has 1 fully saturated rings. The van der Waals surface area contributed by atoms with Crippen LogP contribution in [0.4, 0.5) is 11.5 Å². The van der Waals surface area contributed by atoms with Gasteiger partial charge >= 0.3 is 5.97 Å². The summed E-state index contributed by atoms with van der Waals surface area (Å²) in [5.74, 6) is -0.626. The fourth-order valence-electron chi connectivity index (χ4n) is 4.54. The van der Waals surface area contributed by atoms with Gasteiger partial charge in [-0.1, -0.05) is 23.7 Å². The molecule has 0 bridgehead atoms. The number of esters is 1. The standard InChI is InChI=1S/C27H31ClN4O5/c1-36-23(33)8-4-5-15-29-19-12-9-17(10-13-19)26(34)32-24-20-6-2-3-7-21(20)37-25(24)27(35)31-22-14-11-18(28)16-30-22/h2-3,6-7,11,14,16-17,19,29H,4-5,8-10,12-13,15H2,1H3,(H,32,34)(H,30,31,35). The minimum Gasteiger partial charge on any atom is -0.469 e. The van der Waals surface area contributed by atoms with Crippen LogP contribution in [-0.4, -0.2) is 42.5 Å². The van der Waals surface area contributed by atoms with Crippen molar-refractivity contribution in [1.82, 2.24) is 10.3 Å². The van der Waals surface area contributed by atoms with Crippen molar-refractivity contribution >= 4 is 51.9 Å². The van der Waals surface area contributed by atoms with Gasteiger partial charge in [0.15, 0.2) is 0 Å². The zero-order valence-corrected chi connectivity index (χ0v) is 21.5. The number of rotatable bonds is 10. The lowest BCUT2D eigenvalue weighted by atomic mass is 9.85. The van der Waals surface area contributed by atoms with Crippen molar-refractivity contribution in [3.8, 4) is 0 Å². The molecule has 2 heterocycles. The third-order valence-electron chi connectivity index (χ3n) is 6.59. The number of para-hydroxylation sites is 1. The Kier molecular flexibility index (Phi) is 9.14. The molecule has 4 rings (SSSR count). The van der Waals surface area contributed by atoms with Crippen LogP contribution in [0.15, 0.2) is 47.0 Å². The number of unbranched alkanes of at least 4 members (excludes halogenated alkanes) is 1. The molecule has 2 aromatic heterocycles. The normalized spacial score (nSPS) is 17.4. The highest BCUT2D eigenvalue weighted by molar-refractivity contribution is 6.30. The van der Waals surface area contributed by atoms with E-state index >= 15 is 0 Å². The third-order valence-corrected chi connectivity index (χ3v) is 6.81. The summed E-state index contributed by atoms with van der Waals surface area (Å²) in [5, 5.41) is 10.3. The van der Waals surface area contributed by atoms with Crippen LogP contribution in [0.2, 0.25) is 5.02 Å². The van der Waals surface area contributed by atoms with E-state index < -0.39 is 5.91 Å². The molecular weight excluding hydrogens is 496 g/mol. The molecule has 0 saturated heterocycles. The molecule has 0 unspecified atom stereocenters. The molecule has 196 valence electrons. The Morgan fingerprint density at radius 3 is 2.57 bits per heavy atom. The largest absolute Gasteiger partial charge is 0.469 e. The van der Waals surface area contributed by atoms with E-state index in [0.717, 1.165) is 45.1 Å². The first kappa shape index (κ1) is 26.6. The Balaban J connectivity index is 1.35. The van der Waals surface area contributed by atoms with Crippen molar-refractivity contribution in [2.45, 2.75) is 51.0 Å². The lowest BCUT2D eigenvalue weighted by Gasteiger charge is -2.28. The van der Waals surface area contributed by atoms with Crippen molar-refractivity contribution < 1.29 is 23.5 Å². The molecule has 1 aliphatic carbocycles. The number of furan rings is 1. The number of halogens is 1. The average molecular weight is 527 g/mol. The summed E-state index contributed by atoms with van der Waals surface area (Å²) in [4.78, 5) is 41.5. The Morgan fingerprint density at radius 1 is 1.05 bits per heavy atom. The van der Waals surface area contributed by atoms with Crippen molar-refractivity contribution in [2.24, 2.45) is 5.92 Å². The predicted octanol–water partition coefficient (Wildman–Crippen LogP) is 5.16. The van der Waals surface area contributed by atoms with Gasteiger partial charge in [0.05, 0.1) is 12.1 Å². The lowest BCUT2D eigenvalue weighted by molar-refractivity contribution is -0.140. The molecular formula is C27H31ClN4O5. The number of ether oxygens (including phenoxy) is 1. The van der Waals surface area contributed by atoms with E-state index in [0.29, 0.717) is 40.0 Å². The number of benzene rings is 1. The van der Waals surface area contributed by atoms with Crippen molar-refractivity contribution in [1.29, 1.82) is 0 Å². The number of carbonyl (C=O) groups excluding carboxylic acids is 3. The molecule has 1 aromatic carbocycles. The van der Waals surface area contributed by atoms with Gasteiger partial charge in [0.2, 0.25) is 11.7 Å². The highest BCUT2D eigenvalue weighted by Crippen LogP contribution is 2.33. The quantitative estimate of drug-likeness (QED) is 0.246. The first-order valence-corrected chi connectivity index (χ1v) is 12.9. The fourth-order valence-corrected chi connectivity index (χ4v) is 4.65. The molecule has 37 heavy (non-hydrogen) atoms. The van der Waals surface area contributed by atoms with Crippen molar-refractivity contribution in [3.63, 3.8) is 0 Å². The maximum Gasteiger partial charge on any atom is 0.305 e. The molecule has 1 aliphatic rings. The molecule has 0 radical (unpaired) electrons. The number of carbonyl (C=O) groups is 3. The number of anilines is 2. The van der Waals surface area contributed by atoms with Crippen LogP contribution in [0.5, 0.6) is 0 Å². The summed E-state index contributed by atoms with van der Waals surface area (Å²) in [7, 11) is 1.40. The maximum absolute atomic E-state index is 13.2. The maximum atomic E-state index is 13.2. The van der Waals surface area contributed by atoms with Gasteiger partial charge in [-0.15, -0.1) is 0 Å². The summed E-state index contributed by atoms with van der Waals surface area (Å²) in [6, 6.07) is 10.8. The van der Waals surface area contributed by atoms with Crippen LogP contribution in [0.1, 0.15) is 55.5 Å². The Hall–Kier alpha value is -3.43. The van der Waals surface area contributed by atoms with Crippen LogP contribution in [0.3, 0.4) is 0 Å². The Morgan fingerprint density at radius 2 is 1.84 bits per heavy atom. The summed E-state index contributed by atoms with van der Waals surface area (Å²) < 4.78 is 10.5. The zero-order valence-electron chi connectivity index (χ0n) is 20.7. The van der Waals surface area contributed by atoms with E-state index in [1.165, 1.54) is 13.3 Å².